The summed E-state index contributed by atoms with van der Waals surface area (Å²) in [6.45, 7) is 2.51. The Morgan fingerprint density at radius 2 is 2.26 bits per heavy atom. The molecule has 1 aliphatic rings. The van der Waals surface area contributed by atoms with Gasteiger partial charge in [-0.2, -0.15) is 0 Å². The number of hydrogen-bond acceptors (Lipinski definition) is 5. The number of carbonyl (C=O) groups is 1. The van der Waals surface area contributed by atoms with Gasteiger partial charge in [0.05, 0.1) is 32.3 Å². The number of rotatable bonds is 4. The summed E-state index contributed by atoms with van der Waals surface area (Å²) in [7, 11) is 3.19. The van der Waals surface area contributed by atoms with E-state index in [2.05, 4.69) is 14.5 Å². The number of aromatic nitrogens is 3. The molecular weight excluding hydrogens is 296 g/mol. The van der Waals surface area contributed by atoms with Gasteiger partial charge in [0.25, 0.3) is 5.91 Å². The van der Waals surface area contributed by atoms with Crippen LogP contribution in [-0.2, 0) is 17.8 Å². The van der Waals surface area contributed by atoms with Crippen LogP contribution < -0.4 is 4.74 Å². The molecule has 23 heavy (non-hydrogen) atoms. The molecule has 0 fully saturated rings. The minimum Gasteiger partial charge on any atom is -0.480 e. The highest BCUT2D eigenvalue weighted by Gasteiger charge is 2.27. The van der Waals surface area contributed by atoms with E-state index < -0.39 is 0 Å². The van der Waals surface area contributed by atoms with E-state index in [1.54, 1.807) is 38.0 Å². The molecule has 0 saturated carbocycles. The lowest BCUT2D eigenvalue weighted by Crippen LogP contribution is -2.35. The molecule has 1 atom stereocenters. The highest BCUT2D eigenvalue weighted by atomic mass is 16.5. The van der Waals surface area contributed by atoms with Gasteiger partial charge in [-0.05, 0) is 12.1 Å². The maximum absolute atomic E-state index is 12.9. The summed E-state index contributed by atoms with van der Waals surface area (Å²) >= 11 is 0. The van der Waals surface area contributed by atoms with Crippen LogP contribution >= 0.6 is 0 Å². The van der Waals surface area contributed by atoms with Crippen LogP contribution in [0.2, 0.25) is 0 Å². The number of hydrogen-bond donors (Lipinski definition) is 0. The Kier molecular flexibility index (Phi) is 4.57. The molecule has 0 bridgehead atoms. The molecule has 0 saturated heterocycles. The van der Waals surface area contributed by atoms with Crippen molar-refractivity contribution in [3.05, 3.63) is 42.1 Å². The minimum absolute atomic E-state index is 0.0919. The number of pyridine rings is 1. The summed E-state index contributed by atoms with van der Waals surface area (Å²) < 4.78 is 12.6. The molecule has 7 nitrogen and oxygen atoms in total. The molecule has 2 aromatic heterocycles. The van der Waals surface area contributed by atoms with Crippen molar-refractivity contribution >= 4 is 5.91 Å². The van der Waals surface area contributed by atoms with Gasteiger partial charge in [-0.3, -0.25) is 4.79 Å². The monoisotopic (exact) mass is 316 g/mol. The fourth-order valence-corrected chi connectivity index (χ4v) is 2.93. The quantitative estimate of drug-likeness (QED) is 0.848. The number of carbonyl (C=O) groups excluding carboxylic acids is 1. The average molecular weight is 316 g/mol. The smallest absolute Gasteiger partial charge is 0.259 e. The number of nitrogens with zero attached hydrogens (tertiary/aromatic N) is 4. The Hall–Kier alpha value is -2.41. The van der Waals surface area contributed by atoms with Crippen LogP contribution in [0, 0.1) is 5.92 Å². The Labute approximate surface area is 134 Å². The topological polar surface area (TPSA) is 69.5 Å². The summed E-state index contributed by atoms with van der Waals surface area (Å²) in [6, 6.07) is 3.48. The van der Waals surface area contributed by atoms with Crippen LogP contribution in [-0.4, -0.2) is 52.7 Å². The first-order chi connectivity index (χ1) is 11.2. The van der Waals surface area contributed by atoms with E-state index in [9.17, 15) is 4.79 Å². The van der Waals surface area contributed by atoms with Gasteiger partial charge in [-0.15, -0.1) is 0 Å². The molecule has 3 heterocycles. The van der Waals surface area contributed by atoms with E-state index in [0.29, 0.717) is 31.1 Å². The zero-order valence-electron chi connectivity index (χ0n) is 13.3. The van der Waals surface area contributed by atoms with Gasteiger partial charge in [0.15, 0.2) is 0 Å². The molecule has 0 radical (unpaired) electrons. The van der Waals surface area contributed by atoms with Crippen molar-refractivity contribution in [2.24, 2.45) is 5.92 Å². The Bertz CT molecular complexity index is 685. The first kappa shape index (κ1) is 15.5. The SMILES string of the molecule is COC[C@@H]1CN(C(=O)c2cccnc2OC)Cc2cncn2C1. The fraction of sp³-hybridized carbons (Fsp3) is 0.438. The molecule has 0 spiro atoms. The largest absolute Gasteiger partial charge is 0.480 e. The van der Waals surface area contributed by atoms with Gasteiger partial charge in [0, 0.05) is 38.5 Å². The third kappa shape index (κ3) is 3.19. The molecule has 122 valence electrons. The van der Waals surface area contributed by atoms with E-state index in [4.69, 9.17) is 9.47 Å². The van der Waals surface area contributed by atoms with Gasteiger partial charge in [0.2, 0.25) is 5.88 Å². The Morgan fingerprint density at radius 1 is 1.39 bits per heavy atom. The molecule has 0 unspecified atom stereocenters. The molecule has 1 amide bonds. The Balaban J connectivity index is 1.89. The Morgan fingerprint density at radius 3 is 3.04 bits per heavy atom. The first-order valence-corrected chi connectivity index (χ1v) is 7.49. The van der Waals surface area contributed by atoms with Crippen LogP contribution in [0.25, 0.3) is 0 Å². The third-order valence-corrected chi connectivity index (χ3v) is 3.97. The predicted molar refractivity (Wildman–Crippen MR) is 83.1 cm³/mol. The van der Waals surface area contributed by atoms with E-state index in [1.165, 1.54) is 7.11 Å². The normalized spacial score (nSPS) is 17.5. The van der Waals surface area contributed by atoms with Crippen LogP contribution in [0.5, 0.6) is 5.88 Å². The molecule has 0 aromatic carbocycles. The summed E-state index contributed by atoms with van der Waals surface area (Å²) in [5.74, 6) is 0.464. The van der Waals surface area contributed by atoms with Crippen LogP contribution in [0.3, 0.4) is 0 Å². The molecule has 1 aliphatic heterocycles. The molecule has 2 aromatic rings. The maximum atomic E-state index is 12.9. The summed E-state index contributed by atoms with van der Waals surface area (Å²) in [4.78, 5) is 23.1. The molecule has 0 aliphatic carbocycles. The average Bonchev–Trinajstić information content (AvgIpc) is 2.93. The van der Waals surface area contributed by atoms with E-state index >= 15 is 0 Å². The third-order valence-electron chi connectivity index (χ3n) is 3.97. The van der Waals surface area contributed by atoms with Crippen molar-refractivity contribution in [2.45, 2.75) is 13.1 Å². The van der Waals surface area contributed by atoms with Gasteiger partial charge >= 0.3 is 0 Å². The number of methoxy groups -OCH3 is 2. The van der Waals surface area contributed by atoms with Crippen molar-refractivity contribution in [3.63, 3.8) is 0 Å². The van der Waals surface area contributed by atoms with Crippen molar-refractivity contribution in [1.82, 2.24) is 19.4 Å². The lowest BCUT2D eigenvalue weighted by molar-refractivity contribution is 0.0663. The van der Waals surface area contributed by atoms with E-state index in [0.717, 1.165) is 12.2 Å². The van der Waals surface area contributed by atoms with Crippen molar-refractivity contribution in [1.29, 1.82) is 0 Å². The number of ether oxygens (including phenoxy) is 2. The van der Waals surface area contributed by atoms with Gasteiger partial charge in [-0.1, -0.05) is 0 Å². The van der Waals surface area contributed by atoms with Crippen molar-refractivity contribution in [3.8, 4) is 5.88 Å². The predicted octanol–water partition coefficient (Wildman–Crippen LogP) is 1.21. The molecular formula is C16H20N4O3. The standard InChI is InChI=1S/C16H20N4O3/c1-22-10-12-7-19(9-13-6-17-11-20(13)8-12)16(21)14-4-3-5-18-15(14)23-2/h3-6,11-12H,7-10H2,1-2H3/t12-/m1/s1. The summed E-state index contributed by atoms with van der Waals surface area (Å²) in [6.07, 6.45) is 5.22. The van der Waals surface area contributed by atoms with Crippen LogP contribution in [0.15, 0.2) is 30.9 Å². The lowest BCUT2D eigenvalue weighted by atomic mass is 10.1. The zero-order chi connectivity index (χ0) is 16.2. The molecule has 3 rings (SSSR count). The second-order valence-electron chi connectivity index (χ2n) is 5.60. The lowest BCUT2D eigenvalue weighted by Gasteiger charge is -2.24. The van der Waals surface area contributed by atoms with Crippen LogP contribution in [0.1, 0.15) is 16.1 Å². The summed E-state index contributed by atoms with van der Waals surface area (Å²) in [5.41, 5.74) is 1.49. The van der Waals surface area contributed by atoms with E-state index in [1.807, 2.05) is 4.90 Å². The van der Waals surface area contributed by atoms with Gasteiger partial charge in [-0.25, -0.2) is 9.97 Å². The highest BCUT2D eigenvalue weighted by molar-refractivity contribution is 5.96. The second kappa shape index (κ2) is 6.78. The molecule has 0 N–H and O–H groups in total. The molecule has 7 heteroatoms. The first-order valence-electron chi connectivity index (χ1n) is 7.49. The van der Waals surface area contributed by atoms with Gasteiger partial charge in [0.1, 0.15) is 5.56 Å². The highest BCUT2D eigenvalue weighted by Crippen LogP contribution is 2.22. The summed E-state index contributed by atoms with van der Waals surface area (Å²) in [5, 5.41) is 0. The van der Waals surface area contributed by atoms with Crippen LogP contribution in [0.4, 0.5) is 0 Å². The van der Waals surface area contributed by atoms with E-state index in [-0.39, 0.29) is 11.8 Å². The van der Waals surface area contributed by atoms with Gasteiger partial charge < -0.3 is 18.9 Å². The number of amides is 1. The minimum atomic E-state index is -0.0919. The zero-order valence-corrected chi connectivity index (χ0v) is 13.3. The number of fused-ring (bicyclic) bond motifs is 1. The maximum Gasteiger partial charge on any atom is 0.259 e. The number of imidazole rings is 1. The fourth-order valence-electron chi connectivity index (χ4n) is 2.93. The second-order valence-corrected chi connectivity index (χ2v) is 5.60. The van der Waals surface area contributed by atoms with Crippen molar-refractivity contribution in [2.75, 3.05) is 27.4 Å². The van der Waals surface area contributed by atoms with Crippen molar-refractivity contribution < 1.29 is 14.3 Å².